The van der Waals surface area contributed by atoms with Crippen molar-refractivity contribution in [2.45, 2.75) is 52.5 Å². The first kappa shape index (κ1) is 28.9. The lowest BCUT2D eigenvalue weighted by Crippen LogP contribution is -2.50. The minimum absolute atomic E-state index is 0.0152. The molecule has 1 atom stereocenters. The number of rotatable bonds is 10. The van der Waals surface area contributed by atoms with E-state index in [1.807, 2.05) is 6.07 Å². The largest absolute Gasteiger partial charge is 0.465 e. The Hall–Kier alpha value is -4.68. The monoisotopic (exact) mass is 541 g/mol. The van der Waals surface area contributed by atoms with Crippen molar-refractivity contribution in [1.29, 1.82) is 0 Å². The quantitative estimate of drug-likeness (QED) is 0.286. The normalized spacial score (nSPS) is 11.9. The average Bonchev–Trinajstić information content (AvgIpc) is 3.18. The van der Waals surface area contributed by atoms with Gasteiger partial charge in [0.05, 0.1) is 12.2 Å². The average molecular weight is 542 g/mol. The summed E-state index contributed by atoms with van der Waals surface area (Å²) >= 11 is 0. The number of amides is 2. The zero-order valence-electron chi connectivity index (χ0n) is 22.1. The van der Waals surface area contributed by atoms with Crippen molar-refractivity contribution in [3.63, 3.8) is 0 Å². The first-order valence-corrected chi connectivity index (χ1v) is 12.2. The van der Waals surface area contributed by atoms with Crippen molar-refractivity contribution in [2.75, 3.05) is 13.2 Å². The van der Waals surface area contributed by atoms with Crippen molar-refractivity contribution in [1.82, 2.24) is 24.8 Å². The zero-order chi connectivity index (χ0) is 28.6. The Morgan fingerprint density at radius 3 is 2.41 bits per heavy atom. The highest BCUT2D eigenvalue weighted by Gasteiger charge is 2.28. The van der Waals surface area contributed by atoms with E-state index in [0.29, 0.717) is 0 Å². The van der Waals surface area contributed by atoms with Crippen LogP contribution in [0.15, 0.2) is 53.5 Å². The maximum absolute atomic E-state index is 12.9. The number of ether oxygens (including phenoxy) is 3. The molecule has 39 heavy (non-hydrogen) atoms. The number of nitrogens with zero attached hydrogens (tertiary/aromatic N) is 3. The molecular formula is C26H31N5O8. The van der Waals surface area contributed by atoms with Crippen LogP contribution >= 0.6 is 0 Å². The van der Waals surface area contributed by atoms with Gasteiger partial charge in [0.1, 0.15) is 24.8 Å². The maximum atomic E-state index is 12.9. The van der Waals surface area contributed by atoms with Crippen molar-refractivity contribution in [2.24, 2.45) is 0 Å². The number of aromatic nitrogens is 3. The Morgan fingerprint density at radius 1 is 1.03 bits per heavy atom. The Morgan fingerprint density at radius 2 is 1.74 bits per heavy atom. The molecule has 0 aliphatic rings. The number of pyridine rings is 1. The van der Waals surface area contributed by atoms with Crippen LogP contribution in [0.1, 0.15) is 43.6 Å². The number of carbonyl (C=O) groups excluding carboxylic acids is 4. The molecule has 0 bridgehead atoms. The Kier molecular flexibility index (Phi) is 9.42. The number of carbonyl (C=O) groups is 4. The van der Waals surface area contributed by atoms with Gasteiger partial charge >= 0.3 is 23.7 Å². The number of fused-ring (bicyclic) bond motifs is 1. The van der Waals surface area contributed by atoms with Crippen molar-refractivity contribution >= 4 is 29.6 Å². The lowest BCUT2D eigenvalue weighted by molar-refractivity contribution is -0.157. The van der Waals surface area contributed by atoms with Crippen LogP contribution in [-0.4, -0.2) is 62.9 Å². The summed E-state index contributed by atoms with van der Waals surface area (Å²) in [5, 5.41) is 9.03. The van der Waals surface area contributed by atoms with Gasteiger partial charge in [-0.1, -0.05) is 30.3 Å². The molecule has 0 aliphatic carbocycles. The van der Waals surface area contributed by atoms with Crippen LogP contribution in [0.3, 0.4) is 0 Å². The molecule has 0 fully saturated rings. The van der Waals surface area contributed by atoms with Gasteiger partial charge in [0.2, 0.25) is 0 Å². The highest BCUT2D eigenvalue weighted by atomic mass is 16.6. The molecule has 13 nitrogen and oxygen atoms in total. The highest BCUT2D eigenvalue weighted by Crippen LogP contribution is 2.09. The number of esters is 2. The van der Waals surface area contributed by atoms with E-state index in [0.717, 1.165) is 14.6 Å². The van der Waals surface area contributed by atoms with Gasteiger partial charge in [-0.2, -0.15) is 0 Å². The summed E-state index contributed by atoms with van der Waals surface area (Å²) in [5.41, 5.74) is -0.427. The van der Waals surface area contributed by atoms with Gasteiger partial charge in [-0.05, 0) is 45.4 Å². The first-order chi connectivity index (χ1) is 18.5. The molecule has 3 rings (SSSR count). The second kappa shape index (κ2) is 12.7. The summed E-state index contributed by atoms with van der Waals surface area (Å²) in [6.07, 6.45) is 0.386. The molecule has 1 aromatic carbocycles. The third kappa shape index (κ3) is 8.42. The lowest BCUT2D eigenvalue weighted by Gasteiger charge is -2.24. The summed E-state index contributed by atoms with van der Waals surface area (Å²) in [6, 6.07) is 10.6. The molecule has 0 aliphatic heterocycles. The third-order valence-corrected chi connectivity index (χ3v) is 5.09. The molecular weight excluding hydrogens is 510 g/mol. The van der Waals surface area contributed by atoms with Gasteiger partial charge in [-0.3, -0.25) is 9.59 Å². The van der Waals surface area contributed by atoms with E-state index < -0.39 is 41.3 Å². The van der Waals surface area contributed by atoms with Crippen LogP contribution in [-0.2, 0) is 37.0 Å². The predicted octanol–water partition coefficient (Wildman–Crippen LogP) is 1.43. The molecule has 0 spiro atoms. The van der Waals surface area contributed by atoms with Gasteiger partial charge in [-0.25, -0.2) is 23.5 Å². The van der Waals surface area contributed by atoms with Gasteiger partial charge < -0.3 is 24.8 Å². The van der Waals surface area contributed by atoms with Gasteiger partial charge in [0.15, 0.2) is 5.65 Å². The summed E-state index contributed by atoms with van der Waals surface area (Å²) in [5.74, 6) is -2.02. The van der Waals surface area contributed by atoms with Crippen LogP contribution in [0, 0.1) is 0 Å². The number of hydrogen-bond acceptors (Lipinski definition) is 9. The zero-order valence-corrected chi connectivity index (χ0v) is 22.1. The van der Waals surface area contributed by atoms with E-state index in [-0.39, 0.29) is 37.5 Å². The standard InChI is InChI=1S/C26H31N5O8/c1-5-37-21(32)15-31-25(36)30-14-18(11-12-20(30)29-31)22(33)27-13-19(23(34)39-26(2,3)4)28-24(35)38-16-17-9-7-6-8-10-17/h6-12,14,19H,5,13,15-16H2,1-4H3,(H,27,33)(H,28,35). The smallest absolute Gasteiger partial charge is 0.408 e. The van der Waals surface area contributed by atoms with Crippen LogP contribution in [0.25, 0.3) is 5.65 Å². The number of nitrogens with one attached hydrogen (secondary N) is 2. The Bertz CT molecular complexity index is 1390. The summed E-state index contributed by atoms with van der Waals surface area (Å²) in [4.78, 5) is 62.3. The van der Waals surface area contributed by atoms with Crippen LogP contribution in [0.4, 0.5) is 4.79 Å². The molecule has 13 heteroatoms. The fourth-order valence-electron chi connectivity index (χ4n) is 3.35. The van der Waals surface area contributed by atoms with E-state index >= 15 is 0 Å². The third-order valence-electron chi connectivity index (χ3n) is 5.09. The molecule has 2 amide bonds. The lowest BCUT2D eigenvalue weighted by atomic mass is 10.2. The molecule has 2 aromatic heterocycles. The topological polar surface area (TPSA) is 159 Å². The summed E-state index contributed by atoms with van der Waals surface area (Å²) in [6.45, 7) is 6.11. The Balaban J connectivity index is 1.69. The van der Waals surface area contributed by atoms with Crippen LogP contribution in [0.2, 0.25) is 0 Å². The molecule has 3 aromatic rings. The molecule has 1 unspecified atom stereocenters. The predicted molar refractivity (Wildman–Crippen MR) is 138 cm³/mol. The van der Waals surface area contributed by atoms with Gasteiger partial charge in [0, 0.05) is 12.7 Å². The van der Waals surface area contributed by atoms with E-state index in [1.165, 1.54) is 18.3 Å². The number of alkyl carbamates (subject to hydrolysis) is 1. The summed E-state index contributed by atoms with van der Waals surface area (Å²) < 4.78 is 17.4. The molecule has 208 valence electrons. The molecule has 0 saturated heterocycles. The summed E-state index contributed by atoms with van der Waals surface area (Å²) in [7, 11) is 0. The van der Waals surface area contributed by atoms with Crippen LogP contribution < -0.4 is 16.3 Å². The fraction of sp³-hybridized carbons (Fsp3) is 0.385. The van der Waals surface area contributed by atoms with Crippen molar-refractivity contribution < 1.29 is 33.4 Å². The second-order valence-electron chi connectivity index (χ2n) is 9.39. The molecule has 2 heterocycles. The van der Waals surface area contributed by atoms with E-state index in [2.05, 4.69) is 15.7 Å². The van der Waals surface area contributed by atoms with Crippen molar-refractivity contribution in [3.05, 3.63) is 70.3 Å². The maximum Gasteiger partial charge on any atom is 0.408 e. The SMILES string of the molecule is CCOC(=O)Cn1nc2ccc(C(=O)NCC(NC(=O)OCc3ccccc3)C(=O)OC(C)(C)C)cn2c1=O. The Labute approximate surface area is 224 Å². The second-order valence-corrected chi connectivity index (χ2v) is 9.39. The first-order valence-electron chi connectivity index (χ1n) is 12.2. The molecule has 2 N–H and O–H groups in total. The van der Waals surface area contributed by atoms with E-state index in [9.17, 15) is 24.0 Å². The fourth-order valence-corrected chi connectivity index (χ4v) is 3.35. The molecule has 0 radical (unpaired) electrons. The molecule has 0 saturated carbocycles. The van der Waals surface area contributed by atoms with E-state index in [1.54, 1.807) is 52.0 Å². The van der Waals surface area contributed by atoms with E-state index in [4.69, 9.17) is 14.2 Å². The minimum Gasteiger partial charge on any atom is -0.465 e. The van der Waals surface area contributed by atoms with Gasteiger partial charge in [0.25, 0.3) is 5.91 Å². The number of benzene rings is 1. The number of hydrogen-bond donors (Lipinski definition) is 2. The van der Waals surface area contributed by atoms with Crippen molar-refractivity contribution in [3.8, 4) is 0 Å². The van der Waals surface area contributed by atoms with Crippen LogP contribution in [0.5, 0.6) is 0 Å². The van der Waals surface area contributed by atoms with Gasteiger partial charge in [-0.15, -0.1) is 5.10 Å². The minimum atomic E-state index is -1.25. The highest BCUT2D eigenvalue weighted by molar-refractivity contribution is 5.94.